The van der Waals surface area contributed by atoms with Crippen LogP contribution < -0.4 is 0 Å². The van der Waals surface area contributed by atoms with E-state index >= 15 is 0 Å². The van der Waals surface area contributed by atoms with Gasteiger partial charge in [-0.05, 0) is 71.1 Å². The molecule has 3 unspecified atom stereocenters. The Kier molecular flexibility index (Phi) is 3.61. The first kappa shape index (κ1) is 14.1. The van der Waals surface area contributed by atoms with Gasteiger partial charge in [-0.25, -0.2) is 4.68 Å². The van der Waals surface area contributed by atoms with E-state index in [-0.39, 0.29) is 5.60 Å². The van der Waals surface area contributed by atoms with Crippen LogP contribution in [0.2, 0.25) is 0 Å². The van der Waals surface area contributed by atoms with Gasteiger partial charge in [0.15, 0.2) is 0 Å². The third-order valence-corrected chi connectivity index (χ3v) is 4.86. The van der Waals surface area contributed by atoms with E-state index in [0.29, 0.717) is 0 Å². The zero-order valence-electron chi connectivity index (χ0n) is 13.2. The standard InChI is InChI=1S/C16H27N3O/c1-5-19-15-9-7-12-11(6-8-14(15)17-18-19)13(12)10-20-16(2,3)4/h11-13H,5-10H2,1-4H3. The van der Waals surface area contributed by atoms with E-state index in [2.05, 4.69) is 42.7 Å². The normalized spacial score (nSPS) is 29.3. The van der Waals surface area contributed by atoms with Crippen LogP contribution in [0, 0.1) is 17.8 Å². The third-order valence-electron chi connectivity index (χ3n) is 4.86. The Morgan fingerprint density at radius 1 is 1.20 bits per heavy atom. The molecule has 0 amide bonds. The van der Waals surface area contributed by atoms with Crippen molar-refractivity contribution in [3.63, 3.8) is 0 Å². The molecule has 112 valence electrons. The molecular weight excluding hydrogens is 250 g/mol. The van der Waals surface area contributed by atoms with Gasteiger partial charge in [-0.3, -0.25) is 0 Å². The van der Waals surface area contributed by atoms with E-state index in [0.717, 1.165) is 43.7 Å². The number of hydrogen-bond acceptors (Lipinski definition) is 3. The van der Waals surface area contributed by atoms with Gasteiger partial charge in [0.2, 0.25) is 0 Å². The molecule has 0 radical (unpaired) electrons. The van der Waals surface area contributed by atoms with E-state index in [1.807, 2.05) is 0 Å². The highest BCUT2D eigenvalue weighted by Crippen LogP contribution is 2.53. The molecule has 3 rings (SSSR count). The highest BCUT2D eigenvalue weighted by molar-refractivity contribution is 5.15. The molecule has 0 bridgehead atoms. The van der Waals surface area contributed by atoms with Crippen LogP contribution in [0.15, 0.2) is 0 Å². The second kappa shape index (κ2) is 5.14. The molecule has 3 atom stereocenters. The molecule has 1 aromatic rings. The molecule has 2 aliphatic carbocycles. The fourth-order valence-corrected chi connectivity index (χ4v) is 3.67. The van der Waals surface area contributed by atoms with Crippen LogP contribution in [0.4, 0.5) is 0 Å². The number of nitrogens with zero attached hydrogens (tertiary/aromatic N) is 3. The number of hydrogen-bond donors (Lipinski definition) is 0. The van der Waals surface area contributed by atoms with Crippen molar-refractivity contribution in [2.24, 2.45) is 17.8 Å². The van der Waals surface area contributed by atoms with Gasteiger partial charge in [0.25, 0.3) is 0 Å². The first-order chi connectivity index (χ1) is 9.49. The van der Waals surface area contributed by atoms with Crippen molar-refractivity contribution >= 4 is 0 Å². The molecule has 4 heteroatoms. The summed E-state index contributed by atoms with van der Waals surface area (Å²) in [6, 6.07) is 0. The predicted octanol–water partition coefficient (Wildman–Crippen LogP) is 2.85. The van der Waals surface area contributed by atoms with E-state index in [4.69, 9.17) is 4.74 Å². The summed E-state index contributed by atoms with van der Waals surface area (Å²) in [5.74, 6) is 2.50. The van der Waals surface area contributed by atoms with E-state index < -0.39 is 0 Å². The summed E-state index contributed by atoms with van der Waals surface area (Å²) in [6.45, 7) is 10.5. The van der Waals surface area contributed by atoms with Crippen molar-refractivity contribution in [2.75, 3.05) is 6.61 Å². The molecule has 0 N–H and O–H groups in total. The summed E-state index contributed by atoms with van der Waals surface area (Å²) >= 11 is 0. The van der Waals surface area contributed by atoms with Gasteiger partial charge in [0.1, 0.15) is 0 Å². The fourth-order valence-electron chi connectivity index (χ4n) is 3.67. The average molecular weight is 277 g/mol. The summed E-state index contributed by atoms with van der Waals surface area (Å²) in [5, 5.41) is 8.64. The minimum atomic E-state index is -0.00883. The van der Waals surface area contributed by atoms with Crippen LogP contribution >= 0.6 is 0 Å². The van der Waals surface area contributed by atoms with Crippen LogP contribution in [0.5, 0.6) is 0 Å². The molecule has 0 spiro atoms. The SMILES string of the molecule is CCn1nnc2c1CCC1C(CC2)C1COC(C)(C)C. The first-order valence-electron chi connectivity index (χ1n) is 8.05. The highest BCUT2D eigenvalue weighted by atomic mass is 16.5. The second-order valence-electron chi connectivity index (χ2n) is 7.29. The van der Waals surface area contributed by atoms with Gasteiger partial charge in [0.05, 0.1) is 23.6 Å². The molecule has 2 aliphatic rings. The number of aryl methyl sites for hydroxylation is 2. The lowest BCUT2D eigenvalue weighted by Gasteiger charge is -2.19. The molecule has 0 aliphatic heterocycles. The smallest absolute Gasteiger partial charge is 0.0859 e. The summed E-state index contributed by atoms with van der Waals surface area (Å²) in [5.41, 5.74) is 2.62. The van der Waals surface area contributed by atoms with Gasteiger partial charge < -0.3 is 4.74 Å². The van der Waals surface area contributed by atoms with Gasteiger partial charge in [-0.1, -0.05) is 5.21 Å². The molecule has 1 aromatic heterocycles. The minimum absolute atomic E-state index is 0.00883. The first-order valence-corrected chi connectivity index (χ1v) is 8.05. The van der Waals surface area contributed by atoms with Crippen molar-refractivity contribution < 1.29 is 4.74 Å². The summed E-state index contributed by atoms with van der Waals surface area (Å²) < 4.78 is 8.08. The van der Waals surface area contributed by atoms with Crippen molar-refractivity contribution in [1.82, 2.24) is 15.0 Å². The van der Waals surface area contributed by atoms with Crippen LogP contribution in [0.3, 0.4) is 0 Å². The van der Waals surface area contributed by atoms with Gasteiger partial charge in [-0.15, -0.1) is 5.10 Å². The molecular formula is C16H27N3O. The lowest BCUT2D eigenvalue weighted by Crippen LogP contribution is -2.21. The Hall–Kier alpha value is -0.900. The maximum Gasteiger partial charge on any atom is 0.0859 e. The topological polar surface area (TPSA) is 39.9 Å². The lowest BCUT2D eigenvalue weighted by molar-refractivity contribution is -0.0122. The number of aromatic nitrogens is 3. The molecule has 0 aromatic carbocycles. The van der Waals surface area contributed by atoms with Crippen molar-refractivity contribution in [3.8, 4) is 0 Å². The third kappa shape index (κ3) is 2.76. The molecule has 1 heterocycles. The number of fused-ring (bicyclic) bond motifs is 2. The van der Waals surface area contributed by atoms with Crippen LogP contribution in [-0.4, -0.2) is 27.2 Å². The lowest BCUT2D eigenvalue weighted by atomic mass is 10.0. The van der Waals surface area contributed by atoms with Crippen molar-refractivity contribution in [2.45, 2.75) is 65.5 Å². The molecule has 4 nitrogen and oxygen atoms in total. The molecule has 0 saturated heterocycles. The largest absolute Gasteiger partial charge is 0.376 e. The van der Waals surface area contributed by atoms with Crippen LogP contribution in [-0.2, 0) is 24.1 Å². The van der Waals surface area contributed by atoms with Crippen LogP contribution in [0.1, 0.15) is 51.9 Å². The summed E-state index contributed by atoms with van der Waals surface area (Å²) in [4.78, 5) is 0. The van der Waals surface area contributed by atoms with Gasteiger partial charge in [0, 0.05) is 6.54 Å². The van der Waals surface area contributed by atoms with E-state index in [1.165, 1.54) is 24.2 Å². The summed E-state index contributed by atoms with van der Waals surface area (Å²) in [7, 11) is 0. The molecule has 20 heavy (non-hydrogen) atoms. The Labute approximate surface area is 121 Å². The van der Waals surface area contributed by atoms with E-state index in [9.17, 15) is 0 Å². The Bertz CT molecular complexity index is 475. The van der Waals surface area contributed by atoms with Crippen molar-refractivity contribution in [3.05, 3.63) is 11.4 Å². The second-order valence-corrected chi connectivity index (χ2v) is 7.29. The number of rotatable bonds is 3. The Balaban J connectivity index is 1.61. The highest BCUT2D eigenvalue weighted by Gasteiger charge is 2.50. The van der Waals surface area contributed by atoms with Gasteiger partial charge >= 0.3 is 0 Å². The van der Waals surface area contributed by atoms with Crippen LogP contribution in [0.25, 0.3) is 0 Å². The number of ether oxygens (including phenoxy) is 1. The van der Waals surface area contributed by atoms with Crippen molar-refractivity contribution in [1.29, 1.82) is 0 Å². The zero-order chi connectivity index (χ0) is 14.3. The quantitative estimate of drug-likeness (QED) is 0.853. The Morgan fingerprint density at radius 2 is 1.90 bits per heavy atom. The predicted molar refractivity (Wildman–Crippen MR) is 78.5 cm³/mol. The maximum absolute atomic E-state index is 6.00. The Morgan fingerprint density at radius 3 is 2.55 bits per heavy atom. The maximum atomic E-state index is 6.00. The fraction of sp³-hybridized carbons (Fsp3) is 0.875. The van der Waals surface area contributed by atoms with Gasteiger partial charge in [-0.2, -0.15) is 0 Å². The zero-order valence-corrected chi connectivity index (χ0v) is 13.2. The molecule has 1 saturated carbocycles. The summed E-state index contributed by atoms with van der Waals surface area (Å²) in [6.07, 6.45) is 4.79. The molecule has 1 fully saturated rings. The minimum Gasteiger partial charge on any atom is -0.376 e. The van der Waals surface area contributed by atoms with E-state index in [1.54, 1.807) is 0 Å². The monoisotopic (exact) mass is 277 g/mol. The average Bonchev–Trinajstić information content (AvgIpc) is 2.86.